The molecule has 2 aromatic rings. The number of sulfonamides is 1. The van der Waals surface area contributed by atoms with Crippen LogP contribution in [0.5, 0.6) is 0 Å². The third-order valence-corrected chi connectivity index (χ3v) is 5.15. The summed E-state index contributed by atoms with van der Waals surface area (Å²) in [5.74, 6) is 0. The van der Waals surface area contributed by atoms with Crippen LogP contribution in [0.4, 0.5) is 11.4 Å². The van der Waals surface area contributed by atoms with Crippen molar-refractivity contribution in [2.24, 2.45) is 0 Å². The van der Waals surface area contributed by atoms with Crippen LogP contribution in [0, 0.1) is 6.92 Å². The maximum absolute atomic E-state index is 12.4. The Morgan fingerprint density at radius 2 is 1.76 bits per heavy atom. The van der Waals surface area contributed by atoms with Crippen LogP contribution in [0.25, 0.3) is 0 Å². The lowest BCUT2D eigenvalue weighted by molar-refractivity contribution is 0.601. The lowest BCUT2D eigenvalue weighted by Gasteiger charge is -2.12. The van der Waals surface area contributed by atoms with Crippen molar-refractivity contribution in [2.45, 2.75) is 11.8 Å². The first-order valence-electron chi connectivity index (χ1n) is 5.74. The van der Waals surface area contributed by atoms with E-state index in [1.54, 1.807) is 6.92 Å². The van der Waals surface area contributed by atoms with Gasteiger partial charge in [0.05, 0.1) is 26.3 Å². The van der Waals surface area contributed by atoms with Crippen LogP contribution in [0.2, 0.25) is 15.1 Å². The highest BCUT2D eigenvalue weighted by molar-refractivity contribution is 7.92. The van der Waals surface area contributed by atoms with Crippen molar-refractivity contribution < 1.29 is 8.42 Å². The molecule has 3 N–H and O–H groups in total. The minimum absolute atomic E-state index is 0.00733. The summed E-state index contributed by atoms with van der Waals surface area (Å²) in [6.45, 7) is 1.67. The monoisotopic (exact) mass is 364 g/mol. The molecular weight excluding hydrogens is 355 g/mol. The van der Waals surface area contributed by atoms with Gasteiger partial charge in [-0.2, -0.15) is 0 Å². The van der Waals surface area contributed by atoms with Crippen molar-refractivity contribution in [3.05, 3.63) is 51.0 Å². The van der Waals surface area contributed by atoms with Gasteiger partial charge in [-0.25, -0.2) is 8.42 Å². The van der Waals surface area contributed by atoms with Crippen LogP contribution in [-0.4, -0.2) is 8.42 Å². The molecule has 0 atom stereocenters. The lowest BCUT2D eigenvalue weighted by atomic mass is 10.2. The topological polar surface area (TPSA) is 72.2 Å². The Kier molecular flexibility index (Phi) is 4.58. The lowest BCUT2D eigenvalue weighted by Crippen LogP contribution is -2.14. The maximum Gasteiger partial charge on any atom is 0.262 e. The van der Waals surface area contributed by atoms with E-state index in [2.05, 4.69) is 4.72 Å². The average Bonchev–Trinajstić information content (AvgIpc) is 2.38. The maximum atomic E-state index is 12.4. The number of anilines is 2. The molecule has 0 saturated carbocycles. The molecule has 0 saturated heterocycles. The van der Waals surface area contributed by atoms with Crippen molar-refractivity contribution in [3.8, 4) is 0 Å². The number of hydrogen-bond acceptors (Lipinski definition) is 3. The fourth-order valence-electron chi connectivity index (χ4n) is 1.69. The molecule has 0 amide bonds. The molecule has 0 aromatic heterocycles. The van der Waals surface area contributed by atoms with Crippen molar-refractivity contribution in [2.75, 3.05) is 10.5 Å². The van der Waals surface area contributed by atoms with Gasteiger partial charge in [0.15, 0.2) is 0 Å². The van der Waals surface area contributed by atoms with Gasteiger partial charge in [0, 0.05) is 5.02 Å². The number of nitrogens with one attached hydrogen (secondary N) is 1. The predicted molar refractivity (Wildman–Crippen MR) is 87.9 cm³/mol. The normalized spacial score (nSPS) is 11.4. The zero-order valence-corrected chi connectivity index (χ0v) is 13.9. The minimum atomic E-state index is -3.83. The zero-order chi connectivity index (χ0) is 15.8. The number of nitrogen functional groups attached to an aromatic ring is 1. The smallest absolute Gasteiger partial charge is 0.262 e. The van der Waals surface area contributed by atoms with Gasteiger partial charge < -0.3 is 5.73 Å². The number of aryl methyl sites for hydroxylation is 1. The molecule has 0 radical (unpaired) electrons. The summed E-state index contributed by atoms with van der Waals surface area (Å²) < 4.78 is 27.1. The summed E-state index contributed by atoms with van der Waals surface area (Å²) in [7, 11) is -3.83. The molecule has 0 unspecified atom stereocenters. The van der Waals surface area contributed by atoms with Crippen molar-refractivity contribution in [1.29, 1.82) is 0 Å². The van der Waals surface area contributed by atoms with E-state index >= 15 is 0 Å². The highest BCUT2D eigenvalue weighted by atomic mass is 35.5. The average molecular weight is 366 g/mol. The second-order valence-electron chi connectivity index (χ2n) is 4.37. The van der Waals surface area contributed by atoms with Crippen LogP contribution in [0.3, 0.4) is 0 Å². The Bertz CT molecular complexity index is 784. The van der Waals surface area contributed by atoms with E-state index in [1.807, 2.05) is 0 Å². The fraction of sp³-hybridized carbons (Fsp3) is 0.0769. The van der Waals surface area contributed by atoms with Gasteiger partial charge in [-0.05, 0) is 42.8 Å². The van der Waals surface area contributed by atoms with Crippen LogP contribution in [0.15, 0.2) is 35.2 Å². The van der Waals surface area contributed by atoms with E-state index in [9.17, 15) is 8.42 Å². The Labute approximate surface area is 137 Å². The van der Waals surface area contributed by atoms with Crippen molar-refractivity contribution in [1.82, 2.24) is 0 Å². The summed E-state index contributed by atoms with van der Waals surface area (Å²) >= 11 is 17.7. The molecule has 0 fully saturated rings. The molecule has 4 nitrogen and oxygen atoms in total. The van der Waals surface area contributed by atoms with E-state index in [0.29, 0.717) is 15.6 Å². The van der Waals surface area contributed by atoms with E-state index < -0.39 is 10.0 Å². The van der Waals surface area contributed by atoms with Crippen LogP contribution >= 0.6 is 34.8 Å². The number of nitrogens with two attached hydrogens (primary N) is 1. The SMILES string of the molecule is Cc1cc(S(=O)(=O)Nc2ccc(Cl)cc2Cl)cc(N)c1Cl. The standard InChI is InChI=1S/C13H11Cl3N2O2S/c1-7-4-9(6-11(17)13(7)16)21(19,20)18-12-3-2-8(14)5-10(12)15/h2-6,18H,17H2,1H3. The number of halogens is 3. The second-order valence-corrected chi connectivity index (χ2v) is 7.28. The molecule has 21 heavy (non-hydrogen) atoms. The van der Waals surface area contributed by atoms with Crippen LogP contribution in [0.1, 0.15) is 5.56 Å². The van der Waals surface area contributed by atoms with Gasteiger partial charge >= 0.3 is 0 Å². The number of benzene rings is 2. The quantitative estimate of drug-likeness (QED) is 0.795. The molecule has 2 aromatic carbocycles. The molecular formula is C13H11Cl3N2O2S. The summed E-state index contributed by atoms with van der Waals surface area (Å²) in [6, 6.07) is 7.19. The van der Waals surface area contributed by atoms with E-state index in [1.165, 1.54) is 30.3 Å². The fourth-order valence-corrected chi connectivity index (χ4v) is 3.51. The second kappa shape index (κ2) is 5.93. The molecule has 0 spiro atoms. The van der Waals surface area contributed by atoms with Crippen molar-refractivity contribution in [3.63, 3.8) is 0 Å². The van der Waals surface area contributed by atoms with Gasteiger partial charge in [0.1, 0.15) is 0 Å². The predicted octanol–water partition coefficient (Wildman–Crippen LogP) is 4.34. The van der Waals surface area contributed by atoms with Crippen molar-refractivity contribution >= 4 is 56.2 Å². The highest BCUT2D eigenvalue weighted by Crippen LogP contribution is 2.30. The summed E-state index contributed by atoms with van der Waals surface area (Å²) in [4.78, 5) is 0.00733. The number of hydrogen-bond donors (Lipinski definition) is 2. The molecule has 8 heteroatoms. The first-order valence-corrected chi connectivity index (χ1v) is 8.36. The summed E-state index contributed by atoms with van der Waals surface area (Å²) in [5, 5.41) is 0.942. The molecule has 0 bridgehead atoms. The van der Waals surface area contributed by atoms with Gasteiger partial charge in [-0.3, -0.25) is 4.72 Å². The van der Waals surface area contributed by atoms with Gasteiger partial charge in [0.25, 0.3) is 10.0 Å². The van der Waals surface area contributed by atoms with Crippen LogP contribution in [-0.2, 0) is 10.0 Å². The largest absolute Gasteiger partial charge is 0.397 e. The molecule has 0 aliphatic rings. The number of rotatable bonds is 3. The third-order valence-electron chi connectivity index (χ3n) is 2.74. The zero-order valence-electron chi connectivity index (χ0n) is 10.8. The molecule has 2 rings (SSSR count). The first-order chi connectivity index (χ1) is 9.70. The minimum Gasteiger partial charge on any atom is -0.397 e. The Hall–Kier alpha value is -1.14. The summed E-state index contributed by atoms with van der Waals surface area (Å²) in [5.41, 5.74) is 6.69. The Balaban J connectivity index is 2.43. The van der Waals surface area contributed by atoms with Gasteiger partial charge in [-0.15, -0.1) is 0 Å². The van der Waals surface area contributed by atoms with Gasteiger partial charge in [0.2, 0.25) is 0 Å². The molecule has 112 valence electrons. The van der Waals surface area contributed by atoms with Crippen LogP contribution < -0.4 is 10.5 Å². The highest BCUT2D eigenvalue weighted by Gasteiger charge is 2.18. The Morgan fingerprint density at radius 3 is 2.33 bits per heavy atom. The van der Waals surface area contributed by atoms with E-state index in [-0.39, 0.29) is 21.3 Å². The molecule has 0 aliphatic carbocycles. The molecule has 0 aliphatic heterocycles. The molecule has 0 heterocycles. The van der Waals surface area contributed by atoms with E-state index in [4.69, 9.17) is 40.5 Å². The Morgan fingerprint density at radius 1 is 1.10 bits per heavy atom. The first kappa shape index (κ1) is 16.2. The summed E-state index contributed by atoms with van der Waals surface area (Å²) in [6.07, 6.45) is 0. The van der Waals surface area contributed by atoms with Gasteiger partial charge in [-0.1, -0.05) is 34.8 Å². The third kappa shape index (κ3) is 3.55. The van der Waals surface area contributed by atoms with E-state index in [0.717, 1.165) is 0 Å².